The van der Waals surface area contributed by atoms with Gasteiger partial charge in [-0.2, -0.15) is 0 Å². The van der Waals surface area contributed by atoms with Gasteiger partial charge in [0.1, 0.15) is 35.6 Å². The molecule has 1 saturated carbocycles. The van der Waals surface area contributed by atoms with E-state index in [1.807, 2.05) is 0 Å². The zero-order valence-corrected chi connectivity index (χ0v) is 15.4. The number of carbonyl (C=O) groups is 1. The van der Waals surface area contributed by atoms with Gasteiger partial charge in [0.25, 0.3) is 0 Å². The van der Waals surface area contributed by atoms with Gasteiger partial charge >= 0.3 is 5.97 Å². The fraction of sp³-hybridized carbons (Fsp3) is 0.824. The molecule has 0 amide bonds. The lowest BCUT2D eigenvalue weighted by Crippen LogP contribution is -2.62. The smallest absolute Gasteiger partial charge is 0.303 e. The molecule has 0 bridgehead atoms. The predicted octanol–water partition coefficient (Wildman–Crippen LogP) is -2.89. The maximum atomic E-state index is 11.6. The molecule has 11 heteroatoms. The van der Waals surface area contributed by atoms with Gasteiger partial charge in [-0.25, -0.2) is 0 Å². The molecule has 2 aliphatic heterocycles. The monoisotopic (exact) mass is 406 g/mol. The van der Waals surface area contributed by atoms with Crippen molar-refractivity contribution in [3.8, 4) is 0 Å². The molecule has 0 aromatic rings. The Labute approximate surface area is 160 Å². The van der Waals surface area contributed by atoms with Crippen LogP contribution in [0.3, 0.4) is 0 Å². The zero-order valence-electron chi connectivity index (χ0n) is 15.4. The summed E-state index contributed by atoms with van der Waals surface area (Å²) in [4.78, 5) is 11.6. The van der Waals surface area contributed by atoms with E-state index in [2.05, 4.69) is 0 Å². The molecule has 6 N–H and O–H groups in total. The third kappa shape index (κ3) is 3.42. The molecule has 0 unspecified atom stereocenters. The largest absolute Gasteiger partial charge is 0.472 e. The summed E-state index contributed by atoms with van der Waals surface area (Å²) in [5.41, 5.74) is -3.22. The number of esters is 1. The Balaban J connectivity index is 1.87. The fourth-order valence-corrected chi connectivity index (χ4v) is 4.25. The second kappa shape index (κ2) is 7.50. The van der Waals surface area contributed by atoms with Gasteiger partial charge in [0, 0.05) is 13.3 Å². The molecule has 160 valence electrons. The Morgan fingerprint density at radius 1 is 1.18 bits per heavy atom. The van der Waals surface area contributed by atoms with Crippen molar-refractivity contribution in [2.45, 2.75) is 74.6 Å². The van der Waals surface area contributed by atoms with Crippen LogP contribution in [0.15, 0.2) is 12.3 Å². The maximum absolute atomic E-state index is 11.6. The van der Waals surface area contributed by atoms with Gasteiger partial charge < -0.3 is 49.6 Å². The standard InChI is InChI=1S/C17H26O11/c1-7(19)28-16(2)5-9(20)17(24)3-4-25-15(13(16)17)27-14-12(23)11(22)10(21)8(6-18)26-14/h3-4,8-15,18,20-24H,5-6H2,1-2H3/t8-,9+,10+,11+,12+,13+,14+,15-,16-,17-/m0/s1. The number of rotatable bonds is 4. The maximum Gasteiger partial charge on any atom is 0.303 e. The average molecular weight is 406 g/mol. The van der Waals surface area contributed by atoms with Crippen LogP contribution < -0.4 is 0 Å². The number of hydrogen-bond acceptors (Lipinski definition) is 11. The van der Waals surface area contributed by atoms with Gasteiger partial charge in [-0.15, -0.1) is 0 Å². The molecule has 1 aliphatic carbocycles. The van der Waals surface area contributed by atoms with E-state index < -0.39 is 72.8 Å². The summed E-state index contributed by atoms with van der Waals surface area (Å²) in [6.45, 7) is 2.04. The summed E-state index contributed by atoms with van der Waals surface area (Å²) in [6, 6.07) is 0. The van der Waals surface area contributed by atoms with E-state index in [0.29, 0.717) is 0 Å². The molecule has 3 aliphatic rings. The lowest BCUT2D eigenvalue weighted by Gasteiger charge is -2.45. The molecule has 2 heterocycles. The van der Waals surface area contributed by atoms with Gasteiger partial charge in [-0.05, 0) is 13.0 Å². The lowest BCUT2D eigenvalue weighted by atomic mass is 9.81. The van der Waals surface area contributed by atoms with Crippen LogP contribution >= 0.6 is 0 Å². The van der Waals surface area contributed by atoms with E-state index >= 15 is 0 Å². The predicted molar refractivity (Wildman–Crippen MR) is 88.1 cm³/mol. The zero-order chi connectivity index (χ0) is 20.9. The van der Waals surface area contributed by atoms with Gasteiger partial charge in [0.2, 0.25) is 6.29 Å². The van der Waals surface area contributed by atoms with Crippen LogP contribution in [0.4, 0.5) is 0 Å². The number of aliphatic hydroxyl groups is 6. The van der Waals surface area contributed by atoms with E-state index in [1.54, 1.807) is 0 Å². The summed E-state index contributed by atoms with van der Waals surface area (Å²) in [5, 5.41) is 60.6. The van der Waals surface area contributed by atoms with E-state index in [9.17, 15) is 35.4 Å². The summed E-state index contributed by atoms with van der Waals surface area (Å²) >= 11 is 0. The Morgan fingerprint density at radius 3 is 2.46 bits per heavy atom. The average Bonchev–Trinajstić information content (AvgIpc) is 2.81. The normalized spacial score (nSPS) is 50.7. The summed E-state index contributed by atoms with van der Waals surface area (Å²) < 4.78 is 21.7. The van der Waals surface area contributed by atoms with Crippen molar-refractivity contribution in [1.29, 1.82) is 0 Å². The van der Waals surface area contributed by atoms with Crippen LogP contribution in [0.5, 0.6) is 0 Å². The number of ether oxygens (including phenoxy) is 4. The Bertz CT molecular complexity index is 624. The van der Waals surface area contributed by atoms with Crippen LogP contribution in [0.25, 0.3) is 0 Å². The van der Waals surface area contributed by atoms with Crippen LogP contribution in [0, 0.1) is 5.92 Å². The number of carbonyl (C=O) groups excluding carboxylic acids is 1. The molecule has 1 saturated heterocycles. The summed E-state index contributed by atoms with van der Waals surface area (Å²) in [7, 11) is 0. The third-order valence-corrected chi connectivity index (χ3v) is 5.60. The van der Waals surface area contributed by atoms with Crippen LogP contribution in [-0.4, -0.2) is 97.5 Å². The van der Waals surface area contributed by atoms with E-state index in [1.165, 1.54) is 19.9 Å². The van der Waals surface area contributed by atoms with Crippen molar-refractivity contribution >= 4 is 5.97 Å². The highest BCUT2D eigenvalue weighted by molar-refractivity contribution is 5.66. The number of hydrogen-bond donors (Lipinski definition) is 6. The molecule has 0 aromatic heterocycles. The summed E-state index contributed by atoms with van der Waals surface area (Å²) in [5.74, 6) is -1.74. The first-order chi connectivity index (χ1) is 13.0. The van der Waals surface area contributed by atoms with Crippen molar-refractivity contribution < 1.29 is 54.4 Å². The van der Waals surface area contributed by atoms with Crippen molar-refractivity contribution in [1.82, 2.24) is 0 Å². The molecular formula is C17H26O11. The van der Waals surface area contributed by atoms with E-state index in [-0.39, 0.29) is 6.42 Å². The second-order valence-corrected chi connectivity index (χ2v) is 7.63. The summed E-state index contributed by atoms with van der Waals surface area (Å²) in [6.07, 6.45) is -8.06. The first kappa shape index (κ1) is 21.4. The topological polar surface area (TPSA) is 175 Å². The number of aliphatic hydroxyl groups excluding tert-OH is 5. The molecule has 0 aromatic carbocycles. The van der Waals surface area contributed by atoms with Crippen molar-refractivity contribution in [2.24, 2.45) is 5.92 Å². The minimum Gasteiger partial charge on any atom is -0.472 e. The molecule has 0 spiro atoms. The highest BCUT2D eigenvalue weighted by Crippen LogP contribution is 2.51. The highest BCUT2D eigenvalue weighted by Gasteiger charge is 2.66. The molecule has 3 rings (SSSR count). The van der Waals surface area contributed by atoms with Crippen molar-refractivity contribution in [2.75, 3.05) is 6.61 Å². The quantitative estimate of drug-likeness (QED) is 0.264. The minimum absolute atomic E-state index is 0.101. The lowest BCUT2D eigenvalue weighted by molar-refractivity contribution is -0.351. The van der Waals surface area contributed by atoms with Gasteiger partial charge in [-0.1, -0.05) is 0 Å². The van der Waals surface area contributed by atoms with Crippen LogP contribution in [-0.2, 0) is 23.7 Å². The Morgan fingerprint density at radius 2 is 1.86 bits per heavy atom. The Hall–Kier alpha value is -1.31. The molecule has 0 radical (unpaired) electrons. The van der Waals surface area contributed by atoms with Gasteiger partial charge in [0.05, 0.1) is 24.9 Å². The van der Waals surface area contributed by atoms with E-state index in [4.69, 9.17) is 18.9 Å². The van der Waals surface area contributed by atoms with Crippen LogP contribution in [0.2, 0.25) is 0 Å². The highest BCUT2D eigenvalue weighted by atomic mass is 16.8. The van der Waals surface area contributed by atoms with Crippen LogP contribution in [0.1, 0.15) is 20.3 Å². The van der Waals surface area contributed by atoms with Crippen molar-refractivity contribution in [3.63, 3.8) is 0 Å². The first-order valence-electron chi connectivity index (χ1n) is 8.92. The second-order valence-electron chi connectivity index (χ2n) is 7.63. The molecule has 28 heavy (non-hydrogen) atoms. The van der Waals surface area contributed by atoms with Gasteiger partial charge in [0.15, 0.2) is 6.29 Å². The number of fused-ring (bicyclic) bond motifs is 1. The molecule has 10 atom stereocenters. The Kier molecular flexibility index (Phi) is 5.73. The molecular weight excluding hydrogens is 380 g/mol. The first-order valence-corrected chi connectivity index (χ1v) is 8.92. The fourth-order valence-electron chi connectivity index (χ4n) is 4.25. The molecule has 11 nitrogen and oxygen atoms in total. The molecule has 2 fully saturated rings. The minimum atomic E-state index is -1.85. The van der Waals surface area contributed by atoms with Crippen molar-refractivity contribution in [3.05, 3.63) is 12.3 Å². The third-order valence-electron chi connectivity index (χ3n) is 5.60. The van der Waals surface area contributed by atoms with E-state index in [0.717, 1.165) is 6.26 Å². The SMILES string of the molecule is CC(=O)O[C@@]1(C)C[C@@H](O)[C@@]2(O)C=CO[C@@H](O[C@H]3O[C@@H](CO)[C@@H](O)[C@@H](O)[C@H]3O)[C@@H]21. The van der Waals surface area contributed by atoms with Gasteiger partial charge in [-0.3, -0.25) is 4.79 Å².